The van der Waals surface area contributed by atoms with Crippen LogP contribution >= 0.6 is 38.5 Å². The van der Waals surface area contributed by atoms with E-state index in [9.17, 15) is 13.2 Å². The van der Waals surface area contributed by atoms with E-state index >= 15 is 0 Å². The summed E-state index contributed by atoms with van der Waals surface area (Å²) in [5.41, 5.74) is -0.430. The zero-order valence-corrected chi connectivity index (χ0v) is 13.0. The molecule has 0 N–H and O–H groups in total. The van der Waals surface area contributed by atoms with Gasteiger partial charge < -0.3 is 0 Å². The normalized spacial score (nSPS) is 15.4. The molecule has 0 aromatic heterocycles. The molecular weight excluding hydrogens is 388 g/mol. The number of halogens is 5. The molecule has 0 aliphatic heterocycles. The highest BCUT2D eigenvalue weighted by Gasteiger charge is 2.33. The van der Waals surface area contributed by atoms with Crippen LogP contribution in [0.1, 0.15) is 6.42 Å². The van der Waals surface area contributed by atoms with Gasteiger partial charge >= 0.3 is 4.83 Å². The summed E-state index contributed by atoms with van der Waals surface area (Å²) in [4.78, 5) is -3.21. The van der Waals surface area contributed by atoms with Gasteiger partial charge in [0, 0.05) is 8.07 Å². The Bertz CT molecular complexity index is 226. The molecule has 0 aliphatic carbocycles. The van der Waals surface area contributed by atoms with Crippen molar-refractivity contribution in [2.45, 2.75) is 36.9 Å². The maximum atomic E-state index is 12.8. The van der Waals surface area contributed by atoms with Crippen LogP contribution in [-0.4, -0.2) is 12.9 Å². The SMILES string of the molecule is C[Si](C)(C)CC/C(=C(/F)I)C(F)(F)Br. The fourth-order valence-corrected chi connectivity index (χ4v) is 3.19. The van der Waals surface area contributed by atoms with Crippen LogP contribution in [0.2, 0.25) is 25.7 Å². The topological polar surface area (TPSA) is 0 Å². The second kappa shape index (κ2) is 5.34. The second-order valence-electron chi connectivity index (χ2n) is 4.30. The highest BCUT2D eigenvalue weighted by molar-refractivity contribution is 14.1. The molecule has 14 heavy (non-hydrogen) atoms. The zero-order valence-electron chi connectivity index (χ0n) is 8.30. The molecular formula is C8H13BrF3ISi. The van der Waals surface area contributed by atoms with Crippen molar-refractivity contribution in [2.75, 3.05) is 0 Å². The van der Waals surface area contributed by atoms with Gasteiger partial charge in [0.2, 0.25) is 0 Å². The second-order valence-corrected chi connectivity index (χ2v) is 11.9. The van der Waals surface area contributed by atoms with Crippen LogP contribution in [0.25, 0.3) is 0 Å². The third-order valence-corrected chi connectivity index (χ3v) is 4.58. The molecule has 0 nitrogen and oxygen atoms in total. The molecule has 0 fully saturated rings. The van der Waals surface area contributed by atoms with Gasteiger partial charge in [-0.2, -0.15) is 13.2 Å². The Labute approximate surface area is 106 Å². The van der Waals surface area contributed by atoms with Crippen molar-refractivity contribution in [3.05, 3.63) is 9.41 Å². The van der Waals surface area contributed by atoms with Crippen molar-refractivity contribution in [1.29, 1.82) is 0 Å². The van der Waals surface area contributed by atoms with E-state index in [-0.39, 0.29) is 6.42 Å². The molecule has 0 atom stereocenters. The first kappa shape index (κ1) is 15.0. The van der Waals surface area contributed by atoms with E-state index in [1.165, 1.54) is 22.6 Å². The molecule has 0 unspecified atom stereocenters. The van der Waals surface area contributed by atoms with Gasteiger partial charge in [-0.25, -0.2) is 0 Å². The van der Waals surface area contributed by atoms with E-state index < -0.39 is 22.3 Å². The van der Waals surface area contributed by atoms with Gasteiger partial charge in [0.15, 0.2) is 3.83 Å². The Morgan fingerprint density at radius 2 is 1.79 bits per heavy atom. The zero-order chi connectivity index (χ0) is 11.6. The minimum atomic E-state index is -3.21. The third kappa shape index (κ3) is 6.44. The molecule has 0 saturated carbocycles. The molecule has 0 aliphatic rings. The molecule has 0 aromatic carbocycles. The minimum Gasteiger partial charge on any atom is -0.200 e. The van der Waals surface area contributed by atoms with Crippen LogP contribution < -0.4 is 0 Å². The molecule has 84 valence electrons. The van der Waals surface area contributed by atoms with Crippen molar-refractivity contribution in [1.82, 2.24) is 0 Å². The first-order chi connectivity index (χ1) is 6.04. The third-order valence-electron chi connectivity index (χ3n) is 1.70. The summed E-state index contributed by atoms with van der Waals surface area (Å²) in [6.45, 7) is 6.21. The maximum absolute atomic E-state index is 12.8. The predicted octanol–water partition coefficient (Wildman–Crippen LogP) is 5.32. The minimum absolute atomic E-state index is 0.128. The molecule has 6 heteroatoms. The first-order valence-corrected chi connectivity index (χ1v) is 9.73. The number of hydrogen-bond acceptors (Lipinski definition) is 0. The number of alkyl halides is 3. The van der Waals surface area contributed by atoms with E-state index in [1.807, 2.05) is 0 Å². The summed E-state index contributed by atoms with van der Waals surface area (Å²) >= 11 is 3.49. The summed E-state index contributed by atoms with van der Waals surface area (Å²) in [5.74, 6) is 0. The van der Waals surface area contributed by atoms with E-state index in [4.69, 9.17) is 0 Å². The highest BCUT2D eigenvalue weighted by Crippen LogP contribution is 2.39. The van der Waals surface area contributed by atoms with Crippen molar-refractivity contribution in [3.63, 3.8) is 0 Å². The lowest BCUT2D eigenvalue weighted by molar-refractivity contribution is 0.151. The summed E-state index contributed by atoms with van der Waals surface area (Å²) in [7, 11) is -1.40. The van der Waals surface area contributed by atoms with Crippen molar-refractivity contribution in [2.24, 2.45) is 0 Å². The standard InChI is InChI=1S/C8H13BrF3ISi/c1-14(2,3)5-4-6(7(10)13)8(9,11)12/h4-5H2,1-3H3/b7-6+. The van der Waals surface area contributed by atoms with Gasteiger partial charge in [-0.05, 0) is 44.9 Å². The van der Waals surface area contributed by atoms with Gasteiger partial charge in [-0.3, -0.25) is 0 Å². The van der Waals surface area contributed by atoms with E-state index in [0.29, 0.717) is 6.04 Å². The van der Waals surface area contributed by atoms with E-state index in [0.717, 1.165) is 0 Å². The van der Waals surface area contributed by atoms with Crippen molar-refractivity contribution < 1.29 is 13.2 Å². The molecule has 0 saturated heterocycles. The Kier molecular flexibility index (Phi) is 5.70. The smallest absolute Gasteiger partial charge is 0.200 e. The Balaban J connectivity index is 4.53. The van der Waals surface area contributed by atoms with Gasteiger partial charge in [-0.15, -0.1) is 0 Å². The van der Waals surface area contributed by atoms with Gasteiger partial charge in [0.05, 0.1) is 5.57 Å². The average Bonchev–Trinajstić information content (AvgIpc) is 1.79. The van der Waals surface area contributed by atoms with Crippen LogP contribution in [0.3, 0.4) is 0 Å². The molecule has 0 radical (unpaired) electrons. The monoisotopic (exact) mass is 400 g/mol. The molecule has 0 bridgehead atoms. The van der Waals surface area contributed by atoms with E-state index in [2.05, 4.69) is 35.6 Å². The molecule has 0 heterocycles. The fourth-order valence-electron chi connectivity index (χ4n) is 0.843. The first-order valence-electron chi connectivity index (χ1n) is 4.15. The number of allylic oxidation sites excluding steroid dienone is 1. The lowest BCUT2D eigenvalue weighted by Gasteiger charge is -2.19. The lowest BCUT2D eigenvalue weighted by atomic mass is 10.2. The Morgan fingerprint density at radius 3 is 2.00 bits per heavy atom. The largest absolute Gasteiger partial charge is 0.326 e. The van der Waals surface area contributed by atoms with Crippen LogP contribution in [-0.2, 0) is 0 Å². The van der Waals surface area contributed by atoms with Crippen LogP contribution in [0, 0.1) is 0 Å². The lowest BCUT2D eigenvalue weighted by Crippen LogP contribution is -2.21. The number of rotatable bonds is 4. The van der Waals surface area contributed by atoms with Crippen molar-refractivity contribution in [3.8, 4) is 0 Å². The van der Waals surface area contributed by atoms with Crippen LogP contribution in [0.4, 0.5) is 13.2 Å². The van der Waals surface area contributed by atoms with Gasteiger partial charge in [-0.1, -0.05) is 25.7 Å². The molecule has 0 amide bonds. The number of hydrogen-bond donors (Lipinski definition) is 0. The fraction of sp³-hybridized carbons (Fsp3) is 0.750. The Morgan fingerprint density at radius 1 is 1.36 bits per heavy atom. The summed E-state index contributed by atoms with van der Waals surface area (Å²) in [5, 5.41) is 0. The summed E-state index contributed by atoms with van der Waals surface area (Å²) in [6, 6.07) is 0.667. The maximum Gasteiger partial charge on any atom is 0.326 e. The quantitative estimate of drug-likeness (QED) is 0.340. The summed E-state index contributed by atoms with van der Waals surface area (Å²) < 4.78 is 37.7. The van der Waals surface area contributed by atoms with Crippen molar-refractivity contribution >= 4 is 46.6 Å². The van der Waals surface area contributed by atoms with E-state index in [1.54, 1.807) is 0 Å². The summed E-state index contributed by atoms with van der Waals surface area (Å²) in [6.07, 6.45) is 0.128. The van der Waals surface area contributed by atoms with Crippen LogP contribution in [0.5, 0.6) is 0 Å². The molecule has 0 aromatic rings. The van der Waals surface area contributed by atoms with Gasteiger partial charge in [0.25, 0.3) is 0 Å². The van der Waals surface area contributed by atoms with Gasteiger partial charge in [0.1, 0.15) is 0 Å². The predicted molar refractivity (Wildman–Crippen MR) is 68.8 cm³/mol. The average molecular weight is 401 g/mol. The molecule has 0 rings (SSSR count). The highest BCUT2D eigenvalue weighted by atomic mass is 127. The van der Waals surface area contributed by atoms with Crippen LogP contribution in [0.15, 0.2) is 9.41 Å². The Hall–Kier alpha value is 0.957. The molecule has 0 spiro atoms.